The molecule has 0 amide bonds. The Morgan fingerprint density at radius 3 is 2.36 bits per heavy atom. The number of phenolic OH excluding ortho intramolecular Hbond substituents is 2. The second-order valence-electron chi connectivity index (χ2n) is 8.43. The van der Waals surface area contributed by atoms with Gasteiger partial charge in [0.15, 0.2) is 17.3 Å². The Morgan fingerprint density at radius 1 is 1.14 bits per heavy atom. The monoisotopic (exact) mass is 396 g/mol. The fourth-order valence-electron chi connectivity index (χ4n) is 3.44. The average molecular weight is 396 g/mol. The number of esters is 1. The number of aryl methyl sites for hydroxylation is 1. The van der Waals surface area contributed by atoms with E-state index in [1.54, 1.807) is 26.8 Å². The molecule has 1 aliphatic carbocycles. The van der Waals surface area contributed by atoms with Crippen LogP contribution >= 0.6 is 0 Å². The lowest BCUT2D eigenvalue weighted by Crippen LogP contribution is -2.59. The number of carbonyl (C=O) groups excluding carboxylic acids is 2. The zero-order chi connectivity index (χ0) is 21.3. The van der Waals surface area contributed by atoms with Crippen LogP contribution in [0.25, 0.3) is 0 Å². The standard InChI is InChI=1S/C20H28O8/c1-19(2,3)18(26)20(27)9-14(23)17(25)15(10-20)28-16(24)7-5-11-4-6-12(21)13(22)8-11/h4,6,8,14-15,17,21-23,25,27H,5,7,9-10H2,1-3H3/t14-,15-,17-,20+/m1/s1. The number of ether oxygens (including phenoxy) is 1. The van der Waals surface area contributed by atoms with Crippen molar-refractivity contribution in [1.29, 1.82) is 0 Å². The second kappa shape index (κ2) is 8.06. The largest absolute Gasteiger partial charge is 0.504 e. The predicted molar refractivity (Wildman–Crippen MR) is 98.6 cm³/mol. The van der Waals surface area contributed by atoms with Crippen LogP contribution in [-0.2, 0) is 20.7 Å². The van der Waals surface area contributed by atoms with Gasteiger partial charge in [0.25, 0.3) is 0 Å². The molecule has 0 bridgehead atoms. The van der Waals surface area contributed by atoms with Crippen molar-refractivity contribution in [1.82, 2.24) is 0 Å². The lowest BCUT2D eigenvalue weighted by molar-refractivity contribution is -0.192. The molecule has 2 rings (SSSR count). The van der Waals surface area contributed by atoms with Crippen molar-refractivity contribution in [2.45, 2.75) is 70.4 Å². The topological polar surface area (TPSA) is 145 Å². The van der Waals surface area contributed by atoms with Crippen LogP contribution in [0.15, 0.2) is 18.2 Å². The predicted octanol–water partition coefficient (Wildman–Crippen LogP) is 0.804. The molecule has 0 aromatic heterocycles. The number of aliphatic hydroxyl groups is 3. The molecule has 1 fully saturated rings. The van der Waals surface area contributed by atoms with Gasteiger partial charge < -0.3 is 30.3 Å². The zero-order valence-electron chi connectivity index (χ0n) is 16.3. The van der Waals surface area contributed by atoms with Crippen LogP contribution in [0.3, 0.4) is 0 Å². The molecule has 0 aliphatic heterocycles. The fraction of sp³-hybridized carbons (Fsp3) is 0.600. The summed E-state index contributed by atoms with van der Waals surface area (Å²) >= 11 is 0. The number of benzene rings is 1. The van der Waals surface area contributed by atoms with Crippen molar-refractivity contribution in [2.24, 2.45) is 5.41 Å². The Labute approximate surface area is 163 Å². The van der Waals surface area contributed by atoms with Crippen molar-refractivity contribution in [3.05, 3.63) is 23.8 Å². The molecule has 156 valence electrons. The smallest absolute Gasteiger partial charge is 0.306 e. The maximum Gasteiger partial charge on any atom is 0.306 e. The molecule has 0 unspecified atom stereocenters. The lowest BCUT2D eigenvalue weighted by atomic mass is 9.70. The highest BCUT2D eigenvalue weighted by Gasteiger charge is 2.52. The molecule has 0 heterocycles. The number of aliphatic hydroxyl groups excluding tert-OH is 2. The molecule has 4 atom stereocenters. The molecule has 8 heteroatoms. The summed E-state index contributed by atoms with van der Waals surface area (Å²) < 4.78 is 5.23. The van der Waals surface area contributed by atoms with Crippen molar-refractivity contribution < 1.29 is 39.9 Å². The molecule has 0 spiro atoms. The summed E-state index contributed by atoms with van der Waals surface area (Å²) in [5.41, 5.74) is -2.17. The van der Waals surface area contributed by atoms with E-state index in [1.165, 1.54) is 12.1 Å². The van der Waals surface area contributed by atoms with Crippen molar-refractivity contribution in [2.75, 3.05) is 0 Å². The van der Waals surface area contributed by atoms with Crippen LogP contribution in [0.5, 0.6) is 11.5 Å². The highest BCUT2D eigenvalue weighted by atomic mass is 16.6. The summed E-state index contributed by atoms with van der Waals surface area (Å²) in [6.07, 6.45) is -4.54. The van der Waals surface area contributed by atoms with Crippen LogP contribution in [0.4, 0.5) is 0 Å². The highest BCUT2D eigenvalue weighted by molar-refractivity contribution is 5.91. The first kappa shape index (κ1) is 22.1. The third kappa shape index (κ3) is 5.01. The van der Waals surface area contributed by atoms with Crippen molar-refractivity contribution in [3.63, 3.8) is 0 Å². The third-order valence-corrected chi connectivity index (χ3v) is 4.91. The summed E-state index contributed by atoms with van der Waals surface area (Å²) in [5.74, 6) is -1.75. The number of ketones is 1. The summed E-state index contributed by atoms with van der Waals surface area (Å²) in [7, 11) is 0. The summed E-state index contributed by atoms with van der Waals surface area (Å²) in [6, 6.07) is 4.17. The molecular weight excluding hydrogens is 368 g/mol. The van der Waals surface area contributed by atoms with Gasteiger partial charge in [-0.2, -0.15) is 0 Å². The molecular formula is C20H28O8. The van der Waals surface area contributed by atoms with Crippen molar-refractivity contribution >= 4 is 11.8 Å². The fourth-order valence-corrected chi connectivity index (χ4v) is 3.44. The van der Waals surface area contributed by atoms with Gasteiger partial charge in [0.05, 0.1) is 6.10 Å². The van der Waals surface area contributed by atoms with Gasteiger partial charge in [0, 0.05) is 24.7 Å². The molecule has 1 aromatic rings. The minimum atomic E-state index is -1.90. The Morgan fingerprint density at radius 2 is 1.79 bits per heavy atom. The molecule has 1 saturated carbocycles. The molecule has 1 aromatic carbocycles. The van der Waals surface area contributed by atoms with Crippen LogP contribution < -0.4 is 0 Å². The number of carbonyl (C=O) groups is 2. The van der Waals surface area contributed by atoms with E-state index in [-0.39, 0.29) is 37.2 Å². The van der Waals surface area contributed by atoms with E-state index >= 15 is 0 Å². The van der Waals surface area contributed by atoms with Gasteiger partial charge in [0.2, 0.25) is 0 Å². The molecule has 28 heavy (non-hydrogen) atoms. The number of phenols is 2. The minimum Gasteiger partial charge on any atom is -0.504 e. The molecule has 5 N–H and O–H groups in total. The lowest BCUT2D eigenvalue weighted by Gasteiger charge is -2.43. The maximum atomic E-state index is 12.6. The molecule has 1 aliphatic rings. The summed E-state index contributed by atoms with van der Waals surface area (Å²) in [4.78, 5) is 24.7. The quantitative estimate of drug-likeness (QED) is 0.363. The summed E-state index contributed by atoms with van der Waals surface area (Å²) in [5, 5.41) is 49.7. The van der Waals surface area contributed by atoms with E-state index < -0.39 is 41.1 Å². The first-order valence-corrected chi connectivity index (χ1v) is 9.17. The minimum absolute atomic E-state index is 0.0881. The van der Waals surface area contributed by atoms with E-state index in [2.05, 4.69) is 0 Å². The Hall–Kier alpha value is -2.16. The molecule has 8 nitrogen and oxygen atoms in total. The van der Waals surface area contributed by atoms with E-state index in [4.69, 9.17) is 4.74 Å². The van der Waals surface area contributed by atoms with Gasteiger partial charge >= 0.3 is 5.97 Å². The first-order valence-electron chi connectivity index (χ1n) is 9.17. The first-order chi connectivity index (χ1) is 12.8. The summed E-state index contributed by atoms with van der Waals surface area (Å²) in [6.45, 7) is 4.91. The average Bonchev–Trinajstić information content (AvgIpc) is 2.59. The Kier molecular flexibility index (Phi) is 6.37. The van der Waals surface area contributed by atoms with E-state index in [9.17, 15) is 35.1 Å². The SMILES string of the molecule is CC(C)(C)C(=O)[C@]1(O)C[C@@H](O)[C@@H](O)[C@H](OC(=O)CCc2ccc(O)c(O)c2)C1. The Bertz CT molecular complexity index is 738. The van der Waals surface area contributed by atoms with Crippen LogP contribution in [-0.4, -0.2) is 61.2 Å². The highest BCUT2D eigenvalue weighted by Crippen LogP contribution is 2.36. The number of hydrogen-bond acceptors (Lipinski definition) is 8. The van der Waals surface area contributed by atoms with Crippen molar-refractivity contribution in [3.8, 4) is 11.5 Å². The van der Waals surface area contributed by atoms with Crippen LogP contribution in [0.1, 0.15) is 45.6 Å². The number of rotatable bonds is 5. The second-order valence-corrected chi connectivity index (χ2v) is 8.43. The Balaban J connectivity index is 2.03. The van der Waals surface area contributed by atoms with Gasteiger partial charge in [-0.3, -0.25) is 9.59 Å². The van der Waals surface area contributed by atoms with Gasteiger partial charge in [-0.1, -0.05) is 26.8 Å². The van der Waals surface area contributed by atoms with Gasteiger partial charge in [-0.25, -0.2) is 0 Å². The zero-order valence-corrected chi connectivity index (χ0v) is 16.3. The van der Waals surface area contributed by atoms with Crippen LogP contribution in [0.2, 0.25) is 0 Å². The van der Waals surface area contributed by atoms with Gasteiger partial charge in [-0.15, -0.1) is 0 Å². The third-order valence-electron chi connectivity index (χ3n) is 4.91. The maximum absolute atomic E-state index is 12.6. The van der Waals surface area contributed by atoms with E-state index in [0.717, 1.165) is 0 Å². The number of Topliss-reactive ketones (excluding diaryl/α,β-unsaturated/α-hetero) is 1. The normalized spacial score (nSPS) is 28.0. The number of aromatic hydroxyl groups is 2. The molecule has 0 saturated heterocycles. The molecule has 0 radical (unpaired) electrons. The van der Waals surface area contributed by atoms with Crippen LogP contribution in [0, 0.1) is 5.41 Å². The van der Waals surface area contributed by atoms with Gasteiger partial charge in [-0.05, 0) is 24.1 Å². The van der Waals surface area contributed by atoms with E-state index in [1.807, 2.05) is 0 Å². The number of hydrogen-bond donors (Lipinski definition) is 5. The van der Waals surface area contributed by atoms with E-state index in [0.29, 0.717) is 5.56 Å². The van der Waals surface area contributed by atoms with Gasteiger partial charge in [0.1, 0.15) is 17.8 Å².